The zero-order valence-electron chi connectivity index (χ0n) is 28.0. The minimum atomic E-state index is -2.78. The van der Waals surface area contributed by atoms with Crippen molar-refractivity contribution in [3.05, 3.63) is 109 Å². The molecule has 1 saturated carbocycles. The number of hydrogen-bond acceptors (Lipinski definition) is 6. The molecule has 2 N–H and O–H groups in total. The van der Waals surface area contributed by atoms with Crippen LogP contribution in [0.2, 0.25) is 5.04 Å². The standard InChI is InChI=1S/C37H42N4O2Si/c1-26-20-36(21-28-16-15-27(29-22-39-25-40-23-29)19-32(28)37(36)24-42-34(38)41-37)18-17-33(26)43-44(35(2,3)4,30-11-7-5-8-12-30)31-13-9-6-10-14-31/h5-16,19,22-23,25-26,33H,17-18,20-21,24H2,1-4H3,(H2,38,41)/t26-,33-,36-,37?/m0/s1/i24D2. The molecule has 3 aliphatic rings. The van der Waals surface area contributed by atoms with Gasteiger partial charge in [-0.05, 0) is 69.8 Å². The summed E-state index contributed by atoms with van der Waals surface area (Å²) in [5.74, 6) is 0.136. The molecule has 0 saturated heterocycles. The van der Waals surface area contributed by atoms with Gasteiger partial charge in [-0.15, -0.1) is 0 Å². The molecule has 6 nitrogen and oxygen atoms in total. The second kappa shape index (κ2) is 10.7. The van der Waals surface area contributed by atoms with Crippen molar-refractivity contribution >= 4 is 24.7 Å². The average Bonchev–Trinajstić information content (AvgIpc) is 3.45. The van der Waals surface area contributed by atoms with E-state index in [9.17, 15) is 2.74 Å². The maximum atomic E-state index is 9.30. The summed E-state index contributed by atoms with van der Waals surface area (Å²) in [6.45, 7) is 7.10. The third-order valence-corrected chi connectivity index (χ3v) is 15.3. The van der Waals surface area contributed by atoms with Gasteiger partial charge in [-0.2, -0.15) is 0 Å². The lowest BCUT2D eigenvalue weighted by atomic mass is 9.59. The molecule has 3 aromatic carbocycles. The van der Waals surface area contributed by atoms with E-state index in [1.54, 1.807) is 12.4 Å². The summed E-state index contributed by atoms with van der Waals surface area (Å²) in [6.07, 6.45) is 8.00. The third-order valence-electron chi connectivity index (χ3n) is 10.3. The fourth-order valence-electron chi connectivity index (χ4n) is 8.29. The van der Waals surface area contributed by atoms with E-state index in [1.165, 1.54) is 16.7 Å². The smallest absolute Gasteiger partial charge is 0.283 e. The van der Waals surface area contributed by atoms with Crippen LogP contribution >= 0.6 is 0 Å². The molecule has 0 radical (unpaired) electrons. The molecule has 2 spiro atoms. The number of hydrogen-bond donors (Lipinski definition) is 1. The van der Waals surface area contributed by atoms with Crippen LogP contribution in [0.25, 0.3) is 11.1 Å². The van der Waals surface area contributed by atoms with E-state index in [-0.39, 0.29) is 23.1 Å². The molecular formula is C37H42N4O2Si. The number of nitrogens with two attached hydrogens (primary N) is 1. The van der Waals surface area contributed by atoms with E-state index in [0.29, 0.717) is 6.42 Å². The van der Waals surface area contributed by atoms with Crippen molar-refractivity contribution in [3.63, 3.8) is 0 Å². The molecule has 2 heterocycles. The quantitative estimate of drug-likeness (QED) is 0.283. The summed E-state index contributed by atoms with van der Waals surface area (Å²) in [6, 6.07) is 27.7. The van der Waals surface area contributed by atoms with Gasteiger partial charge in [0.05, 0.1) is 2.74 Å². The first-order valence-corrected chi connectivity index (χ1v) is 17.6. The molecule has 1 unspecified atom stereocenters. The molecule has 1 aliphatic heterocycles. The number of aromatic nitrogens is 2. The molecule has 7 rings (SSSR count). The van der Waals surface area contributed by atoms with Gasteiger partial charge >= 0.3 is 0 Å². The van der Waals surface area contributed by atoms with Crippen LogP contribution in [0, 0.1) is 11.3 Å². The summed E-state index contributed by atoms with van der Waals surface area (Å²) >= 11 is 0. The van der Waals surface area contributed by atoms with Crippen molar-refractivity contribution in [1.82, 2.24) is 9.97 Å². The van der Waals surface area contributed by atoms with Gasteiger partial charge in [0.2, 0.25) is 0 Å². The molecule has 0 bridgehead atoms. The number of ether oxygens (including phenoxy) is 1. The average molecular weight is 605 g/mol. The zero-order valence-corrected chi connectivity index (χ0v) is 27.0. The van der Waals surface area contributed by atoms with Crippen LogP contribution in [0.1, 0.15) is 60.8 Å². The SMILES string of the molecule is [2H]C1([2H])OC(N)=NC12c1cc(-c3cncnc3)ccc1C[C@@]21CC[C@H](O[Si](c2ccccc2)(c2ccccc2)C(C)(C)C)[C@@H](C)C1. The molecule has 226 valence electrons. The van der Waals surface area contributed by atoms with E-state index < -0.39 is 25.8 Å². The normalized spacial score (nSPS) is 28.2. The van der Waals surface area contributed by atoms with Crippen molar-refractivity contribution in [2.45, 2.75) is 70.1 Å². The lowest BCUT2D eigenvalue weighted by Crippen LogP contribution is -2.68. The number of amidine groups is 1. The molecular weight excluding hydrogens is 561 g/mol. The number of rotatable bonds is 5. The van der Waals surface area contributed by atoms with Crippen molar-refractivity contribution in [3.8, 4) is 11.1 Å². The van der Waals surface area contributed by atoms with Crippen molar-refractivity contribution in [1.29, 1.82) is 0 Å². The van der Waals surface area contributed by atoms with Crippen molar-refractivity contribution in [2.75, 3.05) is 6.56 Å². The molecule has 4 aromatic rings. The Morgan fingerprint density at radius 1 is 0.955 bits per heavy atom. The minimum absolute atomic E-state index is 0.00997. The van der Waals surface area contributed by atoms with Crippen LogP contribution in [0.4, 0.5) is 0 Å². The van der Waals surface area contributed by atoms with Gasteiger partial charge in [0.25, 0.3) is 14.3 Å². The first-order chi connectivity index (χ1) is 21.9. The van der Waals surface area contributed by atoms with E-state index in [2.05, 4.69) is 117 Å². The van der Waals surface area contributed by atoms with Crippen LogP contribution in [0.5, 0.6) is 0 Å². The Morgan fingerprint density at radius 2 is 1.61 bits per heavy atom. The first kappa shape index (κ1) is 26.6. The molecule has 0 amide bonds. The highest BCUT2D eigenvalue weighted by atomic mass is 28.4. The van der Waals surface area contributed by atoms with Crippen LogP contribution in [0.3, 0.4) is 0 Å². The van der Waals surface area contributed by atoms with E-state index in [4.69, 9.17) is 19.9 Å². The minimum Gasteiger partial charge on any atom is -0.462 e. The van der Waals surface area contributed by atoms with Gasteiger partial charge < -0.3 is 14.9 Å². The van der Waals surface area contributed by atoms with Gasteiger partial charge in [-0.3, -0.25) is 0 Å². The Bertz CT molecular complexity index is 1730. The van der Waals surface area contributed by atoms with Gasteiger partial charge in [-0.1, -0.05) is 100 Å². The highest BCUT2D eigenvalue weighted by molar-refractivity contribution is 6.99. The highest BCUT2D eigenvalue weighted by Crippen LogP contribution is 2.62. The lowest BCUT2D eigenvalue weighted by molar-refractivity contribution is -0.0187. The maximum Gasteiger partial charge on any atom is 0.283 e. The third kappa shape index (κ3) is 4.43. The molecule has 7 heteroatoms. The van der Waals surface area contributed by atoms with Gasteiger partial charge in [0, 0.05) is 29.5 Å². The summed E-state index contributed by atoms with van der Waals surface area (Å²) in [5.41, 5.74) is 8.15. The van der Waals surface area contributed by atoms with Crippen LogP contribution in [-0.4, -0.2) is 37.0 Å². The maximum absolute atomic E-state index is 9.30. The Kier molecular flexibility index (Phi) is 6.44. The van der Waals surface area contributed by atoms with Crippen LogP contribution in [0.15, 0.2) is 103 Å². The predicted octanol–water partition coefficient (Wildman–Crippen LogP) is 5.99. The van der Waals surface area contributed by atoms with E-state index >= 15 is 0 Å². The number of benzene rings is 3. The van der Waals surface area contributed by atoms with Gasteiger partial charge in [-0.25, -0.2) is 15.0 Å². The fraction of sp³-hybridized carbons (Fsp3) is 0.378. The van der Waals surface area contributed by atoms with Gasteiger partial charge in [0.1, 0.15) is 18.4 Å². The van der Waals surface area contributed by atoms with E-state index in [0.717, 1.165) is 41.5 Å². The Morgan fingerprint density at radius 3 is 2.18 bits per heavy atom. The fourth-order valence-corrected chi connectivity index (χ4v) is 13.1. The number of fused-ring (bicyclic) bond motifs is 3. The topological polar surface area (TPSA) is 82.6 Å². The molecule has 44 heavy (non-hydrogen) atoms. The number of nitrogens with zero attached hydrogens (tertiary/aromatic N) is 3. The largest absolute Gasteiger partial charge is 0.462 e. The summed E-state index contributed by atoms with van der Waals surface area (Å²) in [5, 5.41) is 2.39. The van der Waals surface area contributed by atoms with Crippen LogP contribution in [-0.2, 0) is 21.1 Å². The zero-order chi connectivity index (χ0) is 32.4. The predicted molar refractivity (Wildman–Crippen MR) is 178 cm³/mol. The molecule has 1 fully saturated rings. The second-order valence-corrected chi connectivity index (χ2v) is 18.1. The number of aliphatic imine (C=N–C) groups is 1. The van der Waals surface area contributed by atoms with Crippen molar-refractivity contribution < 1.29 is 11.9 Å². The lowest BCUT2D eigenvalue weighted by Gasteiger charge is -2.52. The Hall–Kier alpha value is -3.81. The molecule has 4 atom stereocenters. The summed E-state index contributed by atoms with van der Waals surface area (Å²) in [4.78, 5) is 13.3. The van der Waals surface area contributed by atoms with Crippen LogP contribution < -0.4 is 16.1 Å². The molecule has 1 aromatic heterocycles. The van der Waals surface area contributed by atoms with Crippen molar-refractivity contribution in [2.24, 2.45) is 22.1 Å². The summed E-state index contributed by atoms with van der Waals surface area (Å²) in [7, 11) is -2.78. The summed E-state index contributed by atoms with van der Waals surface area (Å²) < 4.78 is 32.0. The molecule has 2 aliphatic carbocycles. The Labute approximate surface area is 264 Å². The van der Waals surface area contributed by atoms with Gasteiger partial charge in [0.15, 0.2) is 0 Å². The first-order valence-electron chi connectivity index (χ1n) is 16.6. The van der Waals surface area contributed by atoms with E-state index in [1.807, 2.05) is 0 Å². The second-order valence-electron chi connectivity index (χ2n) is 13.9. The Balaban J connectivity index is 1.30. The highest BCUT2D eigenvalue weighted by Gasteiger charge is 2.63. The monoisotopic (exact) mass is 604 g/mol.